The van der Waals surface area contributed by atoms with Crippen LogP contribution in [0.25, 0.3) is 11.4 Å². The lowest BCUT2D eigenvalue weighted by atomic mass is 9.79. The van der Waals surface area contributed by atoms with Gasteiger partial charge in [-0.3, -0.25) is 4.79 Å². The van der Waals surface area contributed by atoms with Gasteiger partial charge in [0.2, 0.25) is 5.95 Å². The molecule has 1 N–H and O–H groups in total. The van der Waals surface area contributed by atoms with Crippen molar-refractivity contribution in [3.8, 4) is 11.4 Å². The second kappa shape index (κ2) is 8.99. The number of hydrogen-bond acceptors (Lipinski definition) is 6. The largest absolute Gasteiger partial charge is 0.494 e. The Morgan fingerprint density at radius 3 is 2.14 bits per heavy atom. The minimum Gasteiger partial charge on any atom is -0.399 e. The maximum Gasteiger partial charge on any atom is 0.494 e. The summed E-state index contributed by atoms with van der Waals surface area (Å²) in [7, 11) is 1.46. The normalized spacial score (nSPS) is 19.9. The average molecular weight is 501 g/mol. The van der Waals surface area contributed by atoms with E-state index in [2.05, 4.69) is 29.2 Å². The third-order valence-corrected chi connectivity index (χ3v) is 7.99. The summed E-state index contributed by atoms with van der Waals surface area (Å²) in [6.45, 7) is 13.3. The van der Waals surface area contributed by atoms with E-state index in [1.165, 1.54) is 0 Å². The lowest BCUT2D eigenvalue weighted by Gasteiger charge is -2.32. The molecule has 8 nitrogen and oxygen atoms in total. The number of aryl methyl sites for hydroxylation is 1. The first-order valence-corrected chi connectivity index (χ1v) is 12.9. The van der Waals surface area contributed by atoms with E-state index < -0.39 is 7.12 Å². The lowest BCUT2D eigenvalue weighted by molar-refractivity contribution is 0.00578. The molecule has 0 aliphatic carbocycles. The molecule has 1 amide bonds. The highest BCUT2D eigenvalue weighted by Crippen LogP contribution is 2.36. The van der Waals surface area contributed by atoms with E-state index in [1.54, 1.807) is 4.68 Å². The lowest BCUT2D eigenvalue weighted by Crippen LogP contribution is -2.42. The molecular weight excluding hydrogens is 465 g/mol. The minimum absolute atomic E-state index is 0.0781. The first-order chi connectivity index (χ1) is 17.4. The van der Waals surface area contributed by atoms with Gasteiger partial charge < -0.3 is 19.5 Å². The summed E-state index contributed by atoms with van der Waals surface area (Å²) in [5, 5.41) is 7.91. The molecule has 0 spiro atoms. The summed E-state index contributed by atoms with van der Waals surface area (Å²) in [5.74, 6) is 1.30. The molecule has 5 rings (SSSR count). The van der Waals surface area contributed by atoms with Gasteiger partial charge in [0.1, 0.15) is 0 Å². The molecule has 0 radical (unpaired) electrons. The van der Waals surface area contributed by atoms with Gasteiger partial charge in [-0.1, -0.05) is 24.3 Å². The molecule has 1 aromatic heterocycles. The summed E-state index contributed by atoms with van der Waals surface area (Å²) in [5.41, 5.74) is 2.56. The highest BCUT2D eigenvalue weighted by atomic mass is 16.7. The van der Waals surface area contributed by atoms with Crippen molar-refractivity contribution in [1.29, 1.82) is 0 Å². The van der Waals surface area contributed by atoms with Gasteiger partial charge in [-0.15, -0.1) is 5.10 Å². The van der Waals surface area contributed by atoms with Crippen LogP contribution in [0.5, 0.6) is 0 Å². The maximum absolute atomic E-state index is 13.0. The van der Waals surface area contributed by atoms with E-state index in [0.717, 1.165) is 36.1 Å². The van der Waals surface area contributed by atoms with Crippen molar-refractivity contribution in [1.82, 2.24) is 19.7 Å². The van der Waals surface area contributed by atoms with Gasteiger partial charge in [-0.25, -0.2) is 4.68 Å². The fourth-order valence-corrected chi connectivity index (χ4v) is 4.85. The van der Waals surface area contributed by atoms with Crippen LogP contribution in [0.1, 0.15) is 64.7 Å². The molecule has 37 heavy (non-hydrogen) atoms. The summed E-state index contributed by atoms with van der Waals surface area (Å²) in [4.78, 5) is 19.7. The molecule has 194 valence electrons. The molecule has 2 saturated heterocycles. The number of carbonyl (C=O) groups is 1. The predicted molar refractivity (Wildman–Crippen MR) is 146 cm³/mol. The fourth-order valence-electron chi connectivity index (χ4n) is 4.85. The van der Waals surface area contributed by atoms with Crippen molar-refractivity contribution in [2.24, 2.45) is 7.05 Å². The van der Waals surface area contributed by atoms with E-state index in [9.17, 15) is 4.79 Å². The van der Waals surface area contributed by atoms with Gasteiger partial charge in [0.25, 0.3) is 5.91 Å². The number of anilines is 2. The van der Waals surface area contributed by atoms with Crippen LogP contribution in [0.3, 0.4) is 0 Å². The number of amides is 1. The Labute approximate surface area is 219 Å². The molecule has 2 aromatic carbocycles. The van der Waals surface area contributed by atoms with Crippen molar-refractivity contribution in [2.75, 3.05) is 11.9 Å². The number of rotatable bonds is 5. The number of benzene rings is 2. The molecule has 9 heteroatoms. The van der Waals surface area contributed by atoms with Gasteiger partial charge in [0.05, 0.1) is 11.2 Å². The molecule has 0 atom stereocenters. The Balaban J connectivity index is 1.27. The number of carbonyl (C=O) groups excluding carboxylic acids is 1. The van der Waals surface area contributed by atoms with E-state index >= 15 is 0 Å². The monoisotopic (exact) mass is 501 g/mol. The SMILES string of the molecule is Cn1nc(-c2ccc(C(=O)N3CCCC3(C)C)cc2)nc1Nc1ccc(B2OC(C)(C)C(C)(C)O2)cc1. The van der Waals surface area contributed by atoms with Crippen LogP contribution >= 0.6 is 0 Å². The topological polar surface area (TPSA) is 81.5 Å². The first kappa shape index (κ1) is 25.5. The van der Waals surface area contributed by atoms with Gasteiger partial charge in [0.15, 0.2) is 5.82 Å². The molecule has 3 heterocycles. The molecular formula is C28H36BN5O3. The smallest absolute Gasteiger partial charge is 0.399 e. The zero-order valence-corrected chi connectivity index (χ0v) is 22.8. The standard InChI is InChI=1S/C28H36BN5O3/c1-26(2)17-8-18-34(26)24(35)20-11-9-19(10-12-20)23-31-25(33(7)32-23)30-22-15-13-21(14-16-22)29-36-27(3,4)28(5,6)37-29/h9-16H,8,17-18H2,1-7H3,(H,30,31,32). The summed E-state index contributed by atoms with van der Waals surface area (Å²) in [6.07, 6.45) is 2.08. The third-order valence-electron chi connectivity index (χ3n) is 7.99. The molecule has 3 aromatic rings. The van der Waals surface area contributed by atoms with Crippen molar-refractivity contribution >= 4 is 30.1 Å². The second-order valence-corrected chi connectivity index (χ2v) is 11.7. The Bertz CT molecular complexity index is 1280. The van der Waals surface area contributed by atoms with Crippen molar-refractivity contribution in [3.63, 3.8) is 0 Å². The molecule has 2 aliphatic heterocycles. The Morgan fingerprint density at radius 1 is 0.946 bits per heavy atom. The summed E-state index contributed by atoms with van der Waals surface area (Å²) in [6, 6.07) is 15.5. The highest BCUT2D eigenvalue weighted by molar-refractivity contribution is 6.62. The fraction of sp³-hybridized carbons (Fsp3) is 0.464. The summed E-state index contributed by atoms with van der Waals surface area (Å²) < 4.78 is 14.0. The minimum atomic E-state index is -0.396. The number of hydrogen-bond donors (Lipinski definition) is 1. The van der Waals surface area contributed by atoms with Crippen LogP contribution in [-0.2, 0) is 16.4 Å². The molecule has 2 aliphatic rings. The zero-order chi connectivity index (χ0) is 26.6. The van der Waals surface area contributed by atoms with Crippen LogP contribution in [0.2, 0.25) is 0 Å². The second-order valence-electron chi connectivity index (χ2n) is 11.7. The number of likely N-dealkylation sites (tertiary alicyclic amines) is 1. The average Bonchev–Trinajstić information content (AvgIpc) is 3.45. The van der Waals surface area contributed by atoms with Crippen LogP contribution < -0.4 is 10.8 Å². The van der Waals surface area contributed by atoms with Gasteiger partial charge in [-0.2, -0.15) is 4.98 Å². The zero-order valence-electron chi connectivity index (χ0n) is 22.8. The van der Waals surface area contributed by atoms with E-state index in [4.69, 9.17) is 9.31 Å². The number of aromatic nitrogens is 3. The van der Waals surface area contributed by atoms with Crippen LogP contribution in [0.4, 0.5) is 11.6 Å². The first-order valence-electron chi connectivity index (χ1n) is 12.9. The van der Waals surface area contributed by atoms with Gasteiger partial charge >= 0.3 is 7.12 Å². The Kier molecular flexibility index (Phi) is 6.19. The predicted octanol–water partition coefficient (Wildman–Crippen LogP) is 4.54. The Hall–Kier alpha value is -3.17. The molecule has 0 saturated carbocycles. The van der Waals surface area contributed by atoms with Crippen molar-refractivity contribution < 1.29 is 14.1 Å². The third kappa shape index (κ3) is 4.78. The Morgan fingerprint density at radius 2 is 1.57 bits per heavy atom. The highest BCUT2D eigenvalue weighted by Gasteiger charge is 2.51. The van der Waals surface area contributed by atoms with Crippen molar-refractivity contribution in [2.45, 2.75) is 71.1 Å². The van der Waals surface area contributed by atoms with E-state index in [1.807, 2.05) is 88.2 Å². The molecule has 0 unspecified atom stereocenters. The van der Waals surface area contributed by atoms with Crippen LogP contribution in [0, 0.1) is 0 Å². The van der Waals surface area contributed by atoms with E-state index in [-0.39, 0.29) is 22.6 Å². The van der Waals surface area contributed by atoms with Gasteiger partial charge in [0, 0.05) is 35.9 Å². The quantitative estimate of drug-likeness (QED) is 0.517. The molecule has 2 fully saturated rings. The van der Waals surface area contributed by atoms with Crippen LogP contribution in [-0.4, -0.2) is 56.0 Å². The summed E-state index contributed by atoms with van der Waals surface area (Å²) >= 11 is 0. The molecule has 0 bridgehead atoms. The van der Waals surface area contributed by atoms with Crippen LogP contribution in [0.15, 0.2) is 48.5 Å². The number of nitrogens with zero attached hydrogens (tertiary/aromatic N) is 4. The maximum atomic E-state index is 13.0. The number of nitrogens with one attached hydrogen (secondary N) is 1. The van der Waals surface area contributed by atoms with Crippen molar-refractivity contribution in [3.05, 3.63) is 54.1 Å². The van der Waals surface area contributed by atoms with E-state index in [0.29, 0.717) is 17.3 Å². The van der Waals surface area contributed by atoms with Gasteiger partial charge in [-0.05, 0) is 84.1 Å².